The number of hydrogen-bond donors (Lipinski definition) is 2. The number of nitrogens with two attached hydrogens (primary N) is 1. The van der Waals surface area contributed by atoms with Crippen LogP contribution in [0.25, 0.3) is 21.5 Å². The number of benzene rings is 1. The van der Waals surface area contributed by atoms with E-state index in [1.807, 2.05) is 12.1 Å². The Bertz CT molecular complexity index is 749. The van der Waals surface area contributed by atoms with Crippen LogP contribution in [0.15, 0.2) is 34.1 Å². The standard InChI is InChI=1S/C16H16BrClN2S/c17-13-9-10(18)8-12-11(4-1-2-6-19)16(20-15(12)13)14-5-3-7-21-14/h3,5,7-9,20H,1-2,4,6,19H2. The molecule has 0 unspecified atom stereocenters. The first kappa shape index (κ1) is 15.1. The number of rotatable bonds is 5. The molecule has 0 saturated heterocycles. The summed E-state index contributed by atoms with van der Waals surface area (Å²) >= 11 is 11.6. The molecule has 0 aliphatic heterocycles. The highest BCUT2D eigenvalue weighted by Gasteiger charge is 2.16. The van der Waals surface area contributed by atoms with Gasteiger partial charge in [-0.3, -0.25) is 0 Å². The molecule has 2 heterocycles. The van der Waals surface area contributed by atoms with E-state index in [4.69, 9.17) is 17.3 Å². The van der Waals surface area contributed by atoms with E-state index in [1.165, 1.54) is 21.5 Å². The summed E-state index contributed by atoms with van der Waals surface area (Å²) in [4.78, 5) is 4.82. The van der Waals surface area contributed by atoms with Crippen molar-refractivity contribution in [1.29, 1.82) is 0 Å². The van der Waals surface area contributed by atoms with Crippen molar-refractivity contribution < 1.29 is 0 Å². The first-order chi connectivity index (χ1) is 10.2. The molecule has 5 heteroatoms. The third kappa shape index (κ3) is 3.04. The van der Waals surface area contributed by atoms with Crippen LogP contribution in [-0.2, 0) is 6.42 Å². The van der Waals surface area contributed by atoms with E-state index in [2.05, 4.69) is 38.4 Å². The van der Waals surface area contributed by atoms with Crippen LogP contribution in [0.2, 0.25) is 5.02 Å². The highest BCUT2D eigenvalue weighted by molar-refractivity contribution is 9.10. The van der Waals surface area contributed by atoms with Crippen molar-refractivity contribution in [3.63, 3.8) is 0 Å². The van der Waals surface area contributed by atoms with Crippen molar-refractivity contribution in [1.82, 2.24) is 4.98 Å². The number of hydrogen-bond acceptors (Lipinski definition) is 2. The maximum atomic E-state index is 6.23. The Morgan fingerprint density at radius 1 is 1.29 bits per heavy atom. The second-order valence-electron chi connectivity index (χ2n) is 5.01. The zero-order chi connectivity index (χ0) is 14.8. The lowest BCUT2D eigenvalue weighted by atomic mass is 10.0. The van der Waals surface area contributed by atoms with Gasteiger partial charge in [0, 0.05) is 14.9 Å². The van der Waals surface area contributed by atoms with Gasteiger partial charge in [0.05, 0.1) is 16.1 Å². The van der Waals surface area contributed by atoms with Gasteiger partial charge in [0.15, 0.2) is 0 Å². The Labute approximate surface area is 141 Å². The third-order valence-corrected chi connectivity index (χ3v) is 5.31. The topological polar surface area (TPSA) is 41.8 Å². The summed E-state index contributed by atoms with van der Waals surface area (Å²) in [5, 5.41) is 4.06. The molecule has 0 atom stereocenters. The SMILES string of the molecule is NCCCCc1c(-c2cccs2)[nH]c2c(Br)cc(Cl)cc12. The second kappa shape index (κ2) is 6.53. The minimum Gasteiger partial charge on any atom is -0.353 e. The van der Waals surface area contributed by atoms with Crippen LogP contribution >= 0.6 is 38.9 Å². The lowest BCUT2D eigenvalue weighted by molar-refractivity contribution is 0.748. The molecule has 110 valence electrons. The molecule has 2 aromatic heterocycles. The Kier molecular flexibility index (Phi) is 4.69. The predicted molar refractivity (Wildman–Crippen MR) is 96.3 cm³/mol. The molecule has 0 aliphatic rings. The number of halogens is 2. The number of aromatic amines is 1. The third-order valence-electron chi connectivity index (χ3n) is 3.58. The molecule has 3 rings (SSSR count). The maximum absolute atomic E-state index is 6.23. The normalized spacial score (nSPS) is 11.4. The largest absolute Gasteiger partial charge is 0.353 e. The van der Waals surface area contributed by atoms with Crippen LogP contribution in [0.5, 0.6) is 0 Å². The second-order valence-corrected chi connectivity index (χ2v) is 7.25. The van der Waals surface area contributed by atoms with Gasteiger partial charge in [0.25, 0.3) is 0 Å². The fourth-order valence-electron chi connectivity index (χ4n) is 2.61. The highest BCUT2D eigenvalue weighted by Crippen LogP contribution is 2.38. The Hall–Kier alpha value is -0.810. The molecule has 0 amide bonds. The number of nitrogens with one attached hydrogen (secondary N) is 1. The molecular weight excluding hydrogens is 368 g/mol. The Balaban J connectivity index is 2.16. The van der Waals surface area contributed by atoms with Crippen LogP contribution in [0.1, 0.15) is 18.4 Å². The summed E-state index contributed by atoms with van der Waals surface area (Å²) in [6, 6.07) is 8.21. The van der Waals surface area contributed by atoms with Crippen molar-refractivity contribution >= 4 is 49.8 Å². The molecule has 3 aromatic rings. The van der Waals surface area contributed by atoms with Crippen molar-refractivity contribution in [2.75, 3.05) is 6.54 Å². The minimum absolute atomic E-state index is 0.737. The fourth-order valence-corrected chi connectivity index (χ4v) is 4.27. The van der Waals surface area contributed by atoms with Gasteiger partial charge in [-0.1, -0.05) is 17.7 Å². The van der Waals surface area contributed by atoms with Gasteiger partial charge < -0.3 is 10.7 Å². The molecule has 0 radical (unpaired) electrons. The minimum atomic E-state index is 0.737. The number of fused-ring (bicyclic) bond motifs is 1. The van der Waals surface area contributed by atoms with E-state index in [0.717, 1.165) is 40.8 Å². The van der Waals surface area contributed by atoms with Crippen molar-refractivity contribution in [2.24, 2.45) is 5.73 Å². The molecule has 0 fully saturated rings. The van der Waals surface area contributed by atoms with Crippen LogP contribution in [0, 0.1) is 0 Å². The van der Waals surface area contributed by atoms with Crippen LogP contribution in [0.3, 0.4) is 0 Å². The van der Waals surface area contributed by atoms with Crippen molar-refractivity contribution in [3.05, 3.63) is 44.7 Å². The lowest BCUT2D eigenvalue weighted by Gasteiger charge is -2.03. The van der Waals surface area contributed by atoms with E-state index in [1.54, 1.807) is 11.3 Å². The monoisotopic (exact) mass is 382 g/mol. The van der Waals surface area contributed by atoms with Gasteiger partial charge in [-0.2, -0.15) is 0 Å². The maximum Gasteiger partial charge on any atom is 0.0607 e. The quantitative estimate of drug-likeness (QED) is 0.554. The van der Waals surface area contributed by atoms with Gasteiger partial charge in [-0.15, -0.1) is 11.3 Å². The molecule has 0 bridgehead atoms. The number of aromatic nitrogens is 1. The molecule has 0 spiro atoms. The Morgan fingerprint density at radius 3 is 2.86 bits per heavy atom. The molecule has 0 aliphatic carbocycles. The zero-order valence-corrected chi connectivity index (χ0v) is 14.6. The Morgan fingerprint density at radius 2 is 2.14 bits per heavy atom. The smallest absolute Gasteiger partial charge is 0.0607 e. The van der Waals surface area contributed by atoms with Crippen LogP contribution in [-0.4, -0.2) is 11.5 Å². The summed E-state index contributed by atoms with van der Waals surface area (Å²) in [6.07, 6.45) is 3.14. The number of H-pyrrole nitrogens is 1. The summed E-state index contributed by atoms with van der Waals surface area (Å²) < 4.78 is 1.01. The first-order valence-corrected chi connectivity index (χ1v) is 8.99. The predicted octanol–water partition coefficient (Wildman–Crippen LogP) is 5.59. The van der Waals surface area contributed by atoms with Crippen molar-refractivity contribution in [2.45, 2.75) is 19.3 Å². The summed E-state index contributed by atoms with van der Waals surface area (Å²) in [7, 11) is 0. The molecular formula is C16H16BrClN2S. The van der Waals surface area contributed by atoms with Gasteiger partial charge in [0.2, 0.25) is 0 Å². The molecule has 3 N–H and O–H groups in total. The summed E-state index contributed by atoms with van der Waals surface area (Å²) in [5.74, 6) is 0. The zero-order valence-electron chi connectivity index (χ0n) is 11.5. The summed E-state index contributed by atoms with van der Waals surface area (Å²) in [5.41, 5.74) is 9.29. The molecule has 0 saturated carbocycles. The highest BCUT2D eigenvalue weighted by atomic mass is 79.9. The first-order valence-electron chi connectivity index (χ1n) is 6.94. The molecule has 2 nitrogen and oxygen atoms in total. The van der Waals surface area contributed by atoms with Gasteiger partial charge >= 0.3 is 0 Å². The average Bonchev–Trinajstić information content (AvgIpc) is 3.07. The van der Waals surface area contributed by atoms with E-state index < -0.39 is 0 Å². The van der Waals surface area contributed by atoms with E-state index in [0.29, 0.717) is 0 Å². The number of thiophene rings is 1. The van der Waals surface area contributed by atoms with E-state index in [-0.39, 0.29) is 0 Å². The van der Waals surface area contributed by atoms with Gasteiger partial charge in [-0.25, -0.2) is 0 Å². The van der Waals surface area contributed by atoms with E-state index >= 15 is 0 Å². The molecule has 1 aromatic carbocycles. The van der Waals surface area contributed by atoms with Gasteiger partial charge in [-0.05, 0) is 70.9 Å². The summed E-state index contributed by atoms with van der Waals surface area (Å²) in [6.45, 7) is 0.737. The average molecular weight is 384 g/mol. The van der Waals surface area contributed by atoms with Crippen molar-refractivity contribution in [3.8, 4) is 10.6 Å². The number of unbranched alkanes of at least 4 members (excludes halogenated alkanes) is 1. The fraction of sp³-hybridized carbons (Fsp3) is 0.250. The molecule has 21 heavy (non-hydrogen) atoms. The van der Waals surface area contributed by atoms with Crippen LogP contribution in [0.4, 0.5) is 0 Å². The van der Waals surface area contributed by atoms with Crippen LogP contribution < -0.4 is 5.73 Å². The van der Waals surface area contributed by atoms with Gasteiger partial charge in [0.1, 0.15) is 0 Å². The van der Waals surface area contributed by atoms with E-state index in [9.17, 15) is 0 Å². The lowest BCUT2D eigenvalue weighted by Crippen LogP contribution is -1.99. The number of aryl methyl sites for hydroxylation is 1.